The van der Waals surface area contributed by atoms with Crippen LogP contribution >= 0.6 is 0 Å². The van der Waals surface area contributed by atoms with Crippen LogP contribution in [-0.4, -0.2) is 20.8 Å². The fourth-order valence-electron chi connectivity index (χ4n) is 3.02. The van der Waals surface area contributed by atoms with Gasteiger partial charge in [-0.2, -0.15) is 5.10 Å². The van der Waals surface area contributed by atoms with Crippen molar-refractivity contribution in [1.82, 2.24) is 9.78 Å². The standard InChI is InChI=1S/C18H15N3O2/c22-14-8-4-5-12(9-14)15-10-17(23)20-18-16(15)11-19-21(18)13-6-2-1-3-7-13/h1-9,11,15,22H,10H2,(H,20,23). The van der Waals surface area contributed by atoms with Gasteiger partial charge in [0.15, 0.2) is 0 Å². The number of phenols is 1. The molecule has 1 amide bonds. The molecule has 3 aromatic rings. The Bertz CT molecular complexity index is 871. The number of anilines is 1. The number of carbonyl (C=O) groups is 1. The Kier molecular flexibility index (Phi) is 3.12. The molecule has 1 aliphatic rings. The molecule has 0 saturated heterocycles. The van der Waals surface area contributed by atoms with Gasteiger partial charge in [0.1, 0.15) is 11.6 Å². The molecule has 0 spiro atoms. The van der Waals surface area contributed by atoms with Crippen LogP contribution in [0.3, 0.4) is 0 Å². The number of rotatable bonds is 2. The van der Waals surface area contributed by atoms with E-state index in [1.165, 1.54) is 0 Å². The Morgan fingerprint density at radius 2 is 1.96 bits per heavy atom. The van der Waals surface area contributed by atoms with Crippen molar-refractivity contribution in [3.63, 3.8) is 0 Å². The zero-order valence-corrected chi connectivity index (χ0v) is 12.3. The first kappa shape index (κ1) is 13.6. The van der Waals surface area contributed by atoms with E-state index in [9.17, 15) is 9.90 Å². The van der Waals surface area contributed by atoms with E-state index < -0.39 is 0 Å². The number of amides is 1. The number of fused-ring (bicyclic) bond motifs is 1. The Hall–Kier alpha value is -3.08. The van der Waals surface area contributed by atoms with Crippen molar-refractivity contribution < 1.29 is 9.90 Å². The third kappa shape index (κ3) is 2.36. The molecule has 23 heavy (non-hydrogen) atoms. The maximum Gasteiger partial charge on any atom is 0.226 e. The Morgan fingerprint density at radius 1 is 1.13 bits per heavy atom. The molecular formula is C18H15N3O2. The molecule has 0 bridgehead atoms. The summed E-state index contributed by atoms with van der Waals surface area (Å²) in [5.74, 6) is 0.734. The van der Waals surface area contributed by atoms with Crippen molar-refractivity contribution in [2.24, 2.45) is 0 Å². The van der Waals surface area contributed by atoms with Gasteiger partial charge in [-0.15, -0.1) is 0 Å². The van der Waals surface area contributed by atoms with Crippen LogP contribution in [0.5, 0.6) is 5.75 Å². The van der Waals surface area contributed by atoms with E-state index in [1.807, 2.05) is 36.4 Å². The average Bonchev–Trinajstić information content (AvgIpc) is 2.98. The van der Waals surface area contributed by atoms with Gasteiger partial charge >= 0.3 is 0 Å². The summed E-state index contributed by atoms with van der Waals surface area (Å²) in [6.45, 7) is 0. The summed E-state index contributed by atoms with van der Waals surface area (Å²) < 4.78 is 1.74. The number of phenolic OH excluding ortho intramolecular Hbond substituents is 1. The highest BCUT2D eigenvalue weighted by atomic mass is 16.3. The lowest BCUT2D eigenvalue weighted by Crippen LogP contribution is -2.24. The van der Waals surface area contributed by atoms with E-state index in [2.05, 4.69) is 10.4 Å². The van der Waals surface area contributed by atoms with Crippen LogP contribution < -0.4 is 5.32 Å². The molecule has 5 heteroatoms. The normalized spacial score (nSPS) is 16.7. The van der Waals surface area contributed by atoms with Gasteiger partial charge in [0.05, 0.1) is 11.9 Å². The van der Waals surface area contributed by atoms with Crippen molar-refractivity contribution in [3.8, 4) is 11.4 Å². The highest BCUT2D eigenvalue weighted by Crippen LogP contribution is 2.38. The Balaban J connectivity index is 1.83. The highest BCUT2D eigenvalue weighted by Gasteiger charge is 2.30. The number of nitrogens with one attached hydrogen (secondary N) is 1. The van der Waals surface area contributed by atoms with Crippen molar-refractivity contribution in [1.29, 1.82) is 0 Å². The first-order valence-corrected chi connectivity index (χ1v) is 7.44. The van der Waals surface area contributed by atoms with Gasteiger partial charge in [-0.1, -0.05) is 30.3 Å². The molecule has 0 radical (unpaired) electrons. The molecule has 1 unspecified atom stereocenters. The van der Waals surface area contributed by atoms with E-state index in [0.29, 0.717) is 12.2 Å². The summed E-state index contributed by atoms with van der Waals surface area (Å²) in [6, 6.07) is 16.7. The molecular weight excluding hydrogens is 290 g/mol. The molecule has 1 aliphatic heterocycles. The predicted octanol–water partition coefficient (Wildman–Crippen LogP) is 3.05. The summed E-state index contributed by atoms with van der Waals surface area (Å²) in [7, 11) is 0. The van der Waals surface area contributed by atoms with Crippen LogP contribution in [-0.2, 0) is 4.79 Å². The molecule has 5 nitrogen and oxygen atoms in total. The molecule has 2 N–H and O–H groups in total. The van der Waals surface area contributed by atoms with Gasteiger partial charge in [0, 0.05) is 17.9 Å². The van der Waals surface area contributed by atoms with Crippen LogP contribution in [0.2, 0.25) is 0 Å². The summed E-state index contributed by atoms with van der Waals surface area (Å²) >= 11 is 0. The van der Waals surface area contributed by atoms with E-state index in [0.717, 1.165) is 16.8 Å². The third-order valence-corrected chi connectivity index (χ3v) is 4.09. The summed E-state index contributed by atoms with van der Waals surface area (Å²) in [5.41, 5.74) is 2.76. The molecule has 0 saturated carbocycles. The predicted molar refractivity (Wildman–Crippen MR) is 86.8 cm³/mol. The molecule has 2 aromatic carbocycles. The number of hydrogen-bond donors (Lipinski definition) is 2. The van der Waals surface area contributed by atoms with Crippen LogP contribution in [0.25, 0.3) is 5.69 Å². The van der Waals surface area contributed by atoms with E-state index >= 15 is 0 Å². The fraction of sp³-hybridized carbons (Fsp3) is 0.111. The van der Waals surface area contributed by atoms with Crippen molar-refractivity contribution in [2.75, 3.05) is 5.32 Å². The van der Waals surface area contributed by atoms with Crippen LogP contribution in [0.1, 0.15) is 23.5 Å². The number of nitrogens with zero attached hydrogens (tertiary/aromatic N) is 2. The van der Waals surface area contributed by atoms with Gasteiger partial charge in [-0.3, -0.25) is 4.79 Å². The molecule has 0 aliphatic carbocycles. The number of aromatic nitrogens is 2. The van der Waals surface area contributed by atoms with E-state index in [4.69, 9.17) is 0 Å². The van der Waals surface area contributed by atoms with Crippen LogP contribution in [0.15, 0.2) is 60.8 Å². The minimum atomic E-state index is -0.108. The molecule has 4 rings (SSSR count). The summed E-state index contributed by atoms with van der Waals surface area (Å²) in [4.78, 5) is 12.2. The SMILES string of the molecule is O=C1CC(c2cccc(O)c2)c2cnn(-c3ccccc3)c2N1. The smallest absolute Gasteiger partial charge is 0.226 e. The maximum atomic E-state index is 12.2. The van der Waals surface area contributed by atoms with Crippen molar-refractivity contribution >= 4 is 11.7 Å². The number of aromatic hydroxyl groups is 1. The first-order chi connectivity index (χ1) is 11.2. The number of benzene rings is 2. The van der Waals surface area contributed by atoms with Gasteiger partial charge in [-0.25, -0.2) is 4.68 Å². The number of para-hydroxylation sites is 1. The topological polar surface area (TPSA) is 67.1 Å². The molecule has 114 valence electrons. The summed E-state index contributed by atoms with van der Waals surface area (Å²) in [5, 5.41) is 17.1. The summed E-state index contributed by atoms with van der Waals surface area (Å²) in [6.07, 6.45) is 2.13. The fourth-order valence-corrected chi connectivity index (χ4v) is 3.02. The second-order valence-electron chi connectivity index (χ2n) is 5.60. The van der Waals surface area contributed by atoms with Gasteiger partial charge in [-0.05, 0) is 29.8 Å². The highest BCUT2D eigenvalue weighted by molar-refractivity contribution is 5.94. The van der Waals surface area contributed by atoms with Gasteiger partial charge in [0.2, 0.25) is 5.91 Å². The monoisotopic (exact) mass is 305 g/mol. The first-order valence-electron chi connectivity index (χ1n) is 7.44. The second kappa shape index (κ2) is 5.28. The van der Waals surface area contributed by atoms with Crippen molar-refractivity contribution in [3.05, 3.63) is 71.9 Å². The average molecular weight is 305 g/mol. The number of carbonyl (C=O) groups excluding carboxylic acids is 1. The largest absolute Gasteiger partial charge is 0.508 e. The minimum Gasteiger partial charge on any atom is -0.508 e. The minimum absolute atomic E-state index is 0.0523. The molecule has 2 heterocycles. The lowest BCUT2D eigenvalue weighted by Gasteiger charge is -2.23. The van der Waals surface area contributed by atoms with E-state index in [1.54, 1.807) is 29.1 Å². The van der Waals surface area contributed by atoms with Crippen LogP contribution in [0, 0.1) is 0 Å². The second-order valence-corrected chi connectivity index (χ2v) is 5.60. The quantitative estimate of drug-likeness (QED) is 0.764. The zero-order chi connectivity index (χ0) is 15.8. The number of hydrogen-bond acceptors (Lipinski definition) is 3. The zero-order valence-electron chi connectivity index (χ0n) is 12.3. The van der Waals surface area contributed by atoms with E-state index in [-0.39, 0.29) is 17.6 Å². The Labute approximate surface area is 133 Å². The maximum absolute atomic E-state index is 12.2. The van der Waals surface area contributed by atoms with Crippen molar-refractivity contribution in [2.45, 2.75) is 12.3 Å². The lowest BCUT2D eigenvalue weighted by molar-refractivity contribution is -0.116. The van der Waals surface area contributed by atoms with Gasteiger partial charge in [0.25, 0.3) is 0 Å². The molecule has 0 fully saturated rings. The lowest BCUT2D eigenvalue weighted by atomic mass is 9.87. The van der Waals surface area contributed by atoms with Gasteiger partial charge < -0.3 is 10.4 Å². The van der Waals surface area contributed by atoms with Crippen LogP contribution in [0.4, 0.5) is 5.82 Å². The molecule has 1 aromatic heterocycles. The Morgan fingerprint density at radius 3 is 2.74 bits per heavy atom. The third-order valence-electron chi connectivity index (χ3n) is 4.09. The molecule has 1 atom stereocenters.